The maximum atomic E-state index is 5.90. The van der Waals surface area contributed by atoms with Gasteiger partial charge in [0.15, 0.2) is 0 Å². The predicted octanol–water partition coefficient (Wildman–Crippen LogP) is 4.60. The second-order valence-electron chi connectivity index (χ2n) is 6.06. The summed E-state index contributed by atoms with van der Waals surface area (Å²) in [6, 6.07) is 6.60. The molecule has 4 heteroatoms. The molecule has 0 saturated heterocycles. The van der Waals surface area contributed by atoms with Crippen molar-refractivity contribution in [2.75, 3.05) is 25.6 Å². The SMILES string of the molecule is CCOC1CCCc2nc(-c3ccc(N(C)C)cc3C)sc21. The Bertz CT molecular complexity index is 663. The zero-order valence-corrected chi connectivity index (χ0v) is 14.7. The molecule has 0 radical (unpaired) electrons. The summed E-state index contributed by atoms with van der Waals surface area (Å²) in [6.45, 7) is 5.01. The third-order valence-corrected chi connectivity index (χ3v) is 5.45. The minimum Gasteiger partial charge on any atom is -0.378 e. The van der Waals surface area contributed by atoms with Crippen LogP contribution in [0.3, 0.4) is 0 Å². The second kappa shape index (κ2) is 6.39. The van der Waals surface area contributed by atoms with E-state index in [9.17, 15) is 0 Å². The van der Waals surface area contributed by atoms with Gasteiger partial charge in [-0.2, -0.15) is 0 Å². The summed E-state index contributed by atoms with van der Waals surface area (Å²) in [5.74, 6) is 0. The Morgan fingerprint density at radius 1 is 1.36 bits per heavy atom. The lowest BCUT2D eigenvalue weighted by molar-refractivity contribution is 0.0524. The molecule has 1 heterocycles. The molecule has 1 atom stereocenters. The molecule has 22 heavy (non-hydrogen) atoms. The van der Waals surface area contributed by atoms with Crippen molar-refractivity contribution in [3.8, 4) is 10.6 Å². The fraction of sp³-hybridized carbons (Fsp3) is 0.500. The molecule has 0 spiro atoms. The van der Waals surface area contributed by atoms with E-state index in [0.717, 1.165) is 24.5 Å². The number of aryl methyl sites for hydroxylation is 2. The first kappa shape index (κ1) is 15.5. The van der Waals surface area contributed by atoms with E-state index in [0.29, 0.717) is 0 Å². The Morgan fingerprint density at radius 3 is 2.86 bits per heavy atom. The van der Waals surface area contributed by atoms with Gasteiger partial charge in [0.1, 0.15) is 5.01 Å². The van der Waals surface area contributed by atoms with Crippen LogP contribution in [0.15, 0.2) is 18.2 Å². The standard InChI is InChI=1S/C18H24N2OS/c1-5-21-16-8-6-7-15-17(16)22-18(19-15)14-10-9-13(20(3)4)11-12(14)2/h9-11,16H,5-8H2,1-4H3. The molecule has 1 aliphatic rings. The first-order chi connectivity index (χ1) is 10.6. The number of benzene rings is 1. The second-order valence-corrected chi connectivity index (χ2v) is 7.09. The molecule has 0 N–H and O–H groups in total. The maximum Gasteiger partial charge on any atom is 0.124 e. The van der Waals surface area contributed by atoms with Gasteiger partial charge in [-0.25, -0.2) is 4.98 Å². The molecule has 3 rings (SSSR count). The highest BCUT2D eigenvalue weighted by atomic mass is 32.1. The highest BCUT2D eigenvalue weighted by molar-refractivity contribution is 7.15. The fourth-order valence-corrected chi connectivity index (χ4v) is 4.31. The molecule has 3 nitrogen and oxygen atoms in total. The average molecular weight is 316 g/mol. The zero-order valence-electron chi connectivity index (χ0n) is 13.8. The van der Waals surface area contributed by atoms with Crippen molar-refractivity contribution >= 4 is 17.0 Å². The van der Waals surface area contributed by atoms with Gasteiger partial charge in [-0.15, -0.1) is 11.3 Å². The summed E-state index contributed by atoms with van der Waals surface area (Å²) < 4.78 is 5.90. The van der Waals surface area contributed by atoms with Crippen LogP contribution in [0.1, 0.15) is 42.0 Å². The normalized spacial score (nSPS) is 17.4. The van der Waals surface area contributed by atoms with Gasteiger partial charge in [0.25, 0.3) is 0 Å². The van der Waals surface area contributed by atoms with E-state index in [4.69, 9.17) is 9.72 Å². The van der Waals surface area contributed by atoms with E-state index in [1.54, 1.807) is 0 Å². The van der Waals surface area contributed by atoms with Gasteiger partial charge in [-0.3, -0.25) is 0 Å². The molecule has 0 fully saturated rings. The number of fused-ring (bicyclic) bond motifs is 1. The number of rotatable bonds is 4. The van der Waals surface area contributed by atoms with Crippen LogP contribution in [0.25, 0.3) is 10.6 Å². The third-order valence-electron chi connectivity index (χ3n) is 4.22. The van der Waals surface area contributed by atoms with Crippen molar-refractivity contribution in [1.29, 1.82) is 0 Å². The Hall–Kier alpha value is -1.39. The highest BCUT2D eigenvalue weighted by Crippen LogP contribution is 2.40. The molecule has 1 aliphatic carbocycles. The van der Waals surface area contributed by atoms with Crippen LogP contribution >= 0.6 is 11.3 Å². The summed E-state index contributed by atoms with van der Waals surface area (Å²) in [4.78, 5) is 8.39. The van der Waals surface area contributed by atoms with Crippen molar-refractivity contribution in [1.82, 2.24) is 4.98 Å². The molecular weight excluding hydrogens is 292 g/mol. The topological polar surface area (TPSA) is 25.4 Å². The number of anilines is 1. The quantitative estimate of drug-likeness (QED) is 0.824. The van der Waals surface area contributed by atoms with Gasteiger partial charge in [0, 0.05) is 32.0 Å². The van der Waals surface area contributed by atoms with E-state index >= 15 is 0 Å². The van der Waals surface area contributed by atoms with E-state index in [1.165, 1.54) is 33.8 Å². The monoisotopic (exact) mass is 316 g/mol. The van der Waals surface area contributed by atoms with Crippen LogP contribution in [0.5, 0.6) is 0 Å². The van der Waals surface area contributed by atoms with Crippen molar-refractivity contribution in [3.05, 3.63) is 34.3 Å². The number of aromatic nitrogens is 1. The van der Waals surface area contributed by atoms with Crippen molar-refractivity contribution in [2.45, 2.75) is 39.2 Å². The number of nitrogens with zero attached hydrogens (tertiary/aromatic N) is 2. The molecule has 2 aromatic rings. The largest absolute Gasteiger partial charge is 0.378 e. The summed E-state index contributed by atoms with van der Waals surface area (Å²) in [6.07, 6.45) is 3.64. The van der Waals surface area contributed by atoms with Gasteiger partial charge in [0.2, 0.25) is 0 Å². The molecule has 118 valence electrons. The molecule has 0 aliphatic heterocycles. The van der Waals surface area contributed by atoms with Crippen LogP contribution in [-0.2, 0) is 11.2 Å². The first-order valence-electron chi connectivity index (χ1n) is 7.99. The van der Waals surface area contributed by atoms with Crippen LogP contribution in [0.4, 0.5) is 5.69 Å². The summed E-state index contributed by atoms with van der Waals surface area (Å²) >= 11 is 1.82. The van der Waals surface area contributed by atoms with Crippen LogP contribution in [0.2, 0.25) is 0 Å². The lowest BCUT2D eigenvalue weighted by Crippen LogP contribution is -2.10. The molecule has 1 aromatic carbocycles. The minimum atomic E-state index is 0.251. The number of hydrogen-bond acceptors (Lipinski definition) is 4. The zero-order chi connectivity index (χ0) is 15.7. The summed E-state index contributed by atoms with van der Waals surface area (Å²) in [5, 5.41) is 1.14. The number of hydrogen-bond donors (Lipinski definition) is 0. The van der Waals surface area contributed by atoms with Crippen LogP contribution < -0.4 is 4.90 Å². The lowest BCUT2D eigenvalue weighted by atomic mass is 10.0. The fourth-order valence-electron chi connectivity index (χ4n) is 3.02. The molecule has 0 bridgehead atoms. The third kappa shape index (κ3) is 2.90. The van der Waals surface area contributed by atoms with Gasteiger partial charge in [0.05, 0.1) is 16.7 Å². The maximum absolute atomic E-state index is 5.90. The number of thiazole rings is 1. The van der Waals surface area contributed by atoms with E-state index in [1.807, 2.05) is 11.3 Å². The lowest BCUT2D eigenvalue weighted by Gasteiger charge is -2.20. The van der Waals surface area contributed by atoms with Crippen molar-refractivity contribution in [3.63, 3.8) is 0 Å². The molecule has 1 unspecified atom stereocenters. The summed E-state index contributed by atoms with van der Waals surface area (Å²) in [5.41, 5.74) is 5.01. The Morgan fingerprint density at radius 2 is 2.18 bits per heavy atom. The minimum absolute atomic E-state index is 0.251. The van der Waals surface area contributed by atoms with Gasteiger partial charge in [-0.1, -0.05) is 0 Å². The van der Waals surface area contributed by atoms with E-state index in [2.05, 4.69) is 51.0 Å². The van der Waals surface area contributed by atoms with Crippen molar-refractivity contribution in [2.24, 2.45) is 0 Å². The Kier molecular flexibility index (Phi) is 4.50. The van der Waals surface area contributed by atoms with Crippen LogP contribution in [-0.4, -0.2) is 25.7 Å². The smallest absolute Gasteiger partial charge is 0.124 e. The Balaban J connectivity index is 1.96. The molecular formula is C18H24N2OS. The van der Waals surface area contributed by atoms with Gasteiger partial charge < -0.3 is 9.64 Å². The van der Waals surface area contributed by atoms with Crippen molar-refractivity contribution < 1.29 is 4.74 Å². The van der Waals surface area contributed by atoms with Gasteiger partial charge >= 0.3 is 0 Å². The number of ether oxygens (including phenoxy) is 1. The molecule has 0 amide bonds. The average Bonchev–Trinajstić information content (AvgIpc) is 2.92. The predicted molar refractivity (Wildman–Crippen MR) is 93.9 cm³/mol. The van der Waals surface area contributed by atoms with Gasteiger partial charge in [-0.05, 0) is 56.9 Å². The highest BCUT2D eigenvalue weighted by Gasteiger charge is 2.25. The summed E-state index contributed by atoms with van der Waals surface area (Å²) in [7, 11) is 4.15. The molecule has 0 saturated carbocycles. The Labute approximate surface area is 137 Å². The van der Waals surface area contributed by atoms with Crippen LogP contribution in [0, 0.1) is 6.92 Å². The molecule has 1 aromatic heterocycles. The first-order valence-corrected chi connectivity index (χ1v) is 8.81. The van der Waals surface area contributed by atoms with E-state index in [-0.39, 0.29) is 6.10 Å². The van der Waals surface area contributed by atoms with E-state index < -0.39 is 0 Å².